The molecule has 1 saturated heterocycles. The van der Waals surface area contributed by atoms with Crippen LogP contribution in [0.1, 0.15) is 39.0 Å². The molecular formula is C13H22N2O2. The summed E-state index contributed by atoms with van der Waals surface area (Å²) in [7, 11) is 0. The molecule has 1 heterocycles. The van der Waals surface area contributed by atoms with Crippen molar-refractivity contribution in [1.29, 1.82) is 0 Å². The molecule has 4 nitrogen and oxygen atoms in total. The van der Waals surface area contributed by atoms with E-state index < -0.39 is 0 Å². The maximum atomic E-state index is 12.1. The maximum absolute atomic E-state index is 12.1. The van der Waals surface area contributed by atoms with E-state index in [0.717, 1.165) is 38.9 Å². The monoisotopic (exact) mass is 238 g/mol. The minimum absolute atomic E-state index is 0.211. The van der Waals surface area contributed by atoms with E-state index in [-0.39, 0.29) is 11.8 Å². The molecule has 1 aliphatic carbocycles. The van der Waals surface area contributed by atoms with Crippen molar-refractivity contribution in [3.8, 4) is 0 Å². The molecule has 2 rings (SSSR count). The van der Waals surface area contributed by atoms with E-state index in [1.54, 1.807) is 0 Å². The van der Waals surface area contributed by atoms with Gasteiger partial charge in [-0.2, -0.15) is 0 Å². The number of hydrogen-bond donors (Lipinski definition) is 0. The Balaban J connectivity index is 1.86. The van der Waals surface area contributed by atoms with Crippen molar-refractivity contribution in [2.24, 2.45) is 5.92 Å². The van der Waals surface area contributed by atoms with Crippen LogP contribution in [0.15, 0.2) is 0 Å². The van der Waals surface area contributed by atoms with Crippen LogP contribution in [0.4, 0.5) is 0 Å². The Morgan fingerprint density at radius 1 is 1.00 bits per heavy atom. The van der Waals surface area contributed by atoms with Gasteiger partial charge >= 0.3 is 0 Å². The highest BCUT2D eigenvalue weighted by Gasteiger charge is 2.30. The molecule has 2 fully saturated rings. The maximum Gasteiger partial charge on any atom is 0.225 e. The van der Waals surface area contributed by atoms with Crippen LogP contribution in [-0.4, -0.2) is 47.8 Å². The third-order valence-corrected chi connectivity index (χ3v) is 3.92. The lowest BCUT2D eigenvalue weighted by molar-refractivity contribution is -0.138. The van der Waals surface area contributed by atoms with E-state index in [2.05, 4.69) is 0 Å². The van der Waals surface area contributed by atoms with Crippen LogP contribution in [0.25, 0.3) is 0 Å². The highest BCUT2D eigenvalue weighted by Crippen LogP contribution is 2.28. The summed E-state index contributed by atoms with van der Waals surface area (Å²) < 4.78 is 0. The second-order valence-electron chi connectivity index (χ2n) is 5.04. The van der Waals surface area contributed by atoms with Crippen molar-refractivity contribution < 1.29 is 9.59 Å². The minimum Gasteiger partial charge on any atom is -0.341 e. The zero-order chi connectivity index (χ0) is 12.3. The van der Waals surface area contributed by atoms with Crippen molar-refractivity contribution in [3.05, 3.63) is 0 Å². The summed E-state index contributed by atoms with van der Waals surface area (Å²) in [6.07, 6.45) is 4.81. The van der Waals surface area contributed by atoms with Crippen LogP contribution in [0.5, 0.6) is 0 Å². The number of hydrogen-bond acceptors (Lipinski definition) is 2. The van der Waals surface area contributed by atoms with Gasteiger partial charge in [-0.15, -0.1) is 0 Å². The third-order valence-electron chi connectivity index (χ3n) is 3.92. The standard InChI is InChI=1S/C13H22N2O2/c1-2-12(16)14-7-4-8-15(10-9-14)13(17)11-5-3-6-11/h11H,2-10H2,1H3. The topological polar surface area (TPSA) is 40.6 Å². The molecule has 0 bridgehead atoms. The molecular weight excluding hydrogens is 216 g/mol. The third kappa shape index (κ3) is 2.79. The van der Waals surface area contributed by atoms with E-state index in [9.17, 15) is 9.59 Å². The first kappa shape index (κ1) is 12.4. The quantitative estimate of drug-likeness (QED) is 0.726. The first-order valence-corrected chi connectivity index (χ1v) is 6.79. The number of amides is 2. The Bertz CT molecular complexity index is 300. The van der Waals surface area contributed by atoms with Gasteiger partial charge in [-0.1, -0.05) is 13.3 Å². The van der Waals surface area contributed by atoms with Crippen molar-refractivity contribution in [1.82, 2.24) is 9.80 Å². The fourth-order valence-electron chi connectivity index (χ4n) is 2.52. The molecule has 1 saturated carbocycles. The highest BCUT2D eigenvalue weighted by molar-refractivity contribution is 5.80. The minimum atomic E-state index is 0.211. The van der Waals surface area contributed by atoms with Crippen LogP contribution in [0.3, 0.4) is 0 Å². The first-order valence-electron chi connectivity index (χ1n) is 6.79. The molecule has 0 radical (unpaired) electrons. The average Bonchev–Trinajstić information content (AvgIpc) is 2.51. The van der Waals surface area contributed by atoms with E-state index >= 15 is 0 Å². The van der Waals surface area contributed by atoms with Crippen LogP contribution in [0.2, 0.25) is 0 Å². The van der Waals surface area contributed by atoms with E-state index in [1.807, 2.05) is 16.7 Å². The van der Waals surface area contributed by atoms with Crippen molar-refractivity contribution >= 4 is 11.8 Å². The largest absolute Gasteiger partial charge is 0.341 e. The van der Waals surface area contributed by atoms with Gasteiger partial charge in [0.2, 0.25) is 11.8 Å². The lowest BCUT2D eigenvalue weighted by Crippen LogP contribution is -2.41. The summed E-state index contributed by atoms with van der Waals surface area (Å²) in [5.74, 6) is 0.813. The lowest BCUT2D eigenvalue weighted by Gasteiger charge is -2.31. The molecule has 0 unspecified atom stereocenters. The Morgan fingerprint density at radius 3 is 2.24 bits per heavy atom. The zero-order valence-corrected chi connectivity index (χ0v) is 10.7. The second kappa shape index (κ2) is 5.52. The van der Waals surface area contributed by atoms with Crippen LogP contribution in [0, 0.1) is 5.92 Å². The normalized spacial score (nSPS) is 21.9. The Hall–Kier alpha value is -1.06. The van der Waals surface area contributed by atoms with Crippen molar-refractivity contribution in [2.75, 3.05) is 26.2 Å². The fourth-order valence-corrected chi connectivity index (χ4v) is 2.52. The summed E-state index contributed by atoms with van der Waals surface area (Å²) >= 11 is 0. The summed E-state index contributed by atoms with van der Waals surface area (Å²) in [4.78, 5) is 27.6. The van der Waals surface area contributed by atoms with E-state index in [0.29, 0.717) is 18.9 Å². The molecule has 0 N–H and O–H groups in total. The van der Waals surface area contributed by atoms with Crippen LogP contribution < -0.4 is 0 Å². The van der Waals surface area contributed by atoms with Gasteiger partial charge in [-0.25, -0.2) is 0 Å². The molecule has 1 aliphatic heterocycles. The van der Waals surface area contributed by atoms with E-state index in [1.165, 1.54) is 6.42 Å². The van der Waals surface area contributed by atoms with Gasteiger partial charge in [0.1, 0.15) is 0 Å². The fraction of sp³-hybridized carbons (Fsp3) is 0.846. The molecule has 2 aliphatic rings. The summed E-state index contributed by atoms with van der Waals surface area (Å²) in [5, 5.41) is 0. The van der Waals surface area contributed by atoms with Gasteiger partial charge in [0.15, 0.2) is 0 Å². The molecule has 4 heteroatoms. The molecule has 0 spiro atoms. The lowest BCUT2D eigenvalue weighted by atomic mass is 9.84. The first-order chi connectivity index (χ1) is 8.22. The summed E-state index contributed by atoms with van der Waals surface area (Å²) in [5.41, 5.74) is 0. The predicted molar refractivity (Wildman–Crippen MR) is 65.4 cm³/mol. The smallest absolute Gasteiger partial charge is 0.225 e. The second-order valence-corrected chi connectivity index (χ2v) is 5.04. The molecule has 0 aromatic carbocycles. The zero-order valence-electron chi connectivity index (χ0n) is 10.7. The van der Waals surface area contributed by atoms with Crippen LogP contribution >= 0.6 is 0 Å². The Morgan fingerprint density at radius 2 is 1.65 bits per heavy atom. The molecule has 0 aromatic heterocycles. The number of rotatable bonds is 2. The predicted octanol–water partition coefficient (Wildman–Crippen LogP) is 1.26. The molecule has 96 valence electrons. The Kier molecular flexibility index (Phi) is 4.02. The van der Waals surface area contributed by atoms with Gasteiger partial charge in [-0.3, -0.25) is 9.59 Å². The summed E-state index contributed by atoms with van der Waals surface area (Å²) in [6, 6.07) is 0. The van der Waals surface area contributed by atoms with Gasteiger partial charge < -0.3 is 9.80 Å². The molecule has 2 amide bonds. The number of carbonyl (C=O) groups excluding carboxylic acids is 2. The highest BCUT2D eigenvalue weighted by atomic mass is 16.2. The number of carbonyl (C=O) groups is 2. The average molecular weight is 238 g/mol. The van der Waals surface area contributed by atoms with Gasteiger partial charge in [0, 0.05) is 38.5 Å². The van der Waals surface area contributed by atoms with Gasteiger partial charge in [-0.05, 0) is 19.3 Å². The van der Waals surface area contributed by atoms with Gasteiger partial charge in [0.05, 0.1) is 0 Å². The SMILES string of the molecule is CCC(=O)N1CCCN(C(=O)C2CCC2)CC1. The van der Waals surface area contributed by atoms with Crippen molar-refractivity contribution in [3.63, 3.8) is 0 Å². The van der Waals surface area contributed by atoms with Crippen LogP contribution in [-0.2, 0) is 9.59 Å². The molecule has 0 aromatic rings. The van der Waals surface area contributed by atoms with E-state index in [4.69, 9.17) is 0 Å². The summed E-state index contributed by atoms with van der Waals surface area (Å²) in [6.45, 7) is 4.96. The number of nitrogens with zero attached hydrogens (tertiary/aromatic N) is 2. The molecule has 17 heavy (non-hydrogen) atoms. The molecule has 0 atom stereocenters. The van der Waals surface area contributed by atoms with Crippen molar-refractivity contribution in [2.45, 2.75) is 39.0 Å². The van der Waals surface area contributed by atoms with Gasteiger partial charge in [0.25, 0.3) is 0 Å². The Labute approximate surface area is 103 Å².